The fraction of sp³-hybridized carbons (Fsp3) is 0.864. The summed E-state index contributed by atoms with van der Waals surface area (Å²) in [7, 11) is 4.42. The molecule has 3 rings (SSSR count). The monoisotopic (exact) mass is 687 g/mol. The Labute approximate surface area is 305 Å². The van der Waals surface area contributed by atoms with Gasteiger partial charge in [0.1, 0.15) is 11.5 Å². The molecule has 286 valence electrons. The van der Waals surface area contributed by atoms with E-state index in [2.05, 4.69) is 62.0 Å². The van der Waals surface area contributed by atoms with Gasteiger partial charge in [-0.05, 0) is 51.2 Å². The first-order valence-electron chi connectivity index (χ1n) is 21.6. The molecule has 0 aromatic heterocycles. The van der Waals surface area contributed by atoms with E-state index in [9.17, 15) is 0 Å². The third-order valence-electron chi connectivity index (χ3n) is 10.6. The summed E-state index contributed by atoms with van der Waals surface area (Å²) < 4.78 is 19.2. The SMILES string of the molecule is CCCCCCCCCCCCCCCN(C)C1CCOCCC(N(C)CCCCCCCCCCCCCCC)Oc2ccc(cc2)O1. The van der Waals surface area contributed by atoms with Gasteiger partial charge < -0.3 is 14.2 Å². The normalized spacial score (nSPS) is 17.1. The van der Waals surface area contributed by atoms with Gasteiger partial charge in [-0.1, -0.05) is 168 Å². The van der Waals surface area contributed by atoms with Gasteiger partial charge in [0.15, 0.2) is 12.5 Å². The highest BCUT2D eigenvalue weighted by Gasteiger charge is 2.20. The maximum atomic E-state index is 6.49. The van der Waals surface area contributed by atoms with E-state index in [1.165, 1.54) is 167 Å². The summed E-state index contributed by atoms with van der Waals surface area (Å²) in [6, 6.07) is 8.29. The molecule has 2 bridgehead atoms. The highest BCUT2D eigenvalue weighted by Crippen LogP contribution is 2.24. The number of hydrogen-bond donors (Lipinski definition) is 0. The van der Waals surface area contributed by atoms with Crippen LogP contribution in [0.2, 0.25) is 0 Å². The number of nitrogens with zero attached hydrogens (tertiary/aromatic N) is 2. The van der Waals surface area contributed by atoms with Gasteiger partial charge in [-0.3, -0.25) is 9.80 Å². The van der Waals surface area contributed by atoms with Crippen molar-refractivity contribution in [1.82, 2.24) is 9.80 Å². The van der Waals surface area contributed by atoms with Crippen molar-refractivity contribution >= 4 is 0 Å². The van der Waals surface area contributed by atoms with Crippen LogP contribution < -0.4 is 9.47 Å². The molecule has 2 unspecified atom stereocenters. The topological polar surface area (TPSA) is 34.2 Å². The van der Waals surface area contributed by atoms with Crippen LogP contribution in [-0.2, 0) is 4.74 Å². The third kappa shape index (κ3) is 23.7. The predicted molar refractivity (Wildman–Crippen MR) is 212 cm³/mol. The van der Waals surface area contributed by atoms with Crippen LogP contribution in [0.3, 0.4) is 0 Å². The first-order valence-corrected chi connectivity index (χ1v) is 21.6. The van der Waals surface area contributed by atoms with E-state index in [1.807, 2.05) is 0 Å². The standard InChI is InChI=1S/C44H82N2O3/c1-5-7-9-11-13-15-17-19-21-23-25-27-29-37-45(3)43-35-39-47-40-36-44(49-42-33-31-41(48-43)32-34-42)46(4)38-30-28-26-24-22-20-18-16-14-12-10-8-6-2/h31-34,43-44H,5-30,35-40H2,1-4H3. The Hall–Kier alpha value is -1.30. The Bertz CT molecular complexity index is 767. The van der Waals surface area contributed by atoms with Gasteiger partial charge in [0.05, 0.1) is 13.2 Å². The summed E-state index contributed by atoms with van der Waals surface area (Å²) in [6.07, 6.45) is 37.9. The lowest BCUT2D eigenvalue weighted by Gasteiger charge is -2.29. The van der Waals surface area contributed by atoms with E-state index < -0.39 is 0 Å². The van der Waals surface area contributed by atoms with Gasteiger partial charge in [0, 0.05) is 25.9 Å². The van der Waals surface area contributed by atoms with E-state index in [4.69, 9.17) is 14.2 Å². The molecular formula is C44H82N2O3. The highest BCUT2D eigenvalue weighted by atomic mass is 16.5. The van der Waals surface area contributed by atoms with Gasteiger partial charge in [-0.15, -0.1) is 0 Å². The number of benzene rings is 1. The first kappa shape index (κ1) is 43.9. The summed E-state index contributed by atoms with van der Waals surface area (Å²) in [4.78, 5) is 4.77. The zero-order chi connectivity index (χ0) is 35.0. The van der Waals surface area contributed by atoms with E-state index in [1.54, 1.807) is 0 Å². The molecule has 0 saturated heterocycles. The molecule has 0 saturated carbocycles. The number of unbranched alkanes of at least 4 members (excludes halogenated alkanes) is 24. The van der Waals surface area contributed by atoms with Crippen LogP contribution in [0, 0.1) is 0 Å². The molecule has 2 heterocycles. The highest BCUT2D eigenvalue weighted by molar-refractivity contribution is 5.31. The zero-order valence-corrected chi connectivity index (χ0v) is 33.2. The molecule has 49 heavy (non-hydrogen) atoms. The number of ether oxygens (including phenoxy) is 3. The molecule has 0 spiro atoms. The van der Waals surface area contributed by atoms with Gasteiger partial charge >= 0.3 is 0 Å². The molecule has 2 aliphatic heterocycles. The lowest BCUT2D eigenvalue weighted by molar-refractivity contribution is -0.00985. The van der Waals surface area contributed by atoms with Crippen molar-refractivity contribution in [2.45, 2.75) is 206 Å². The summed E-state index contributed by atoms with van der Waals surface area (Å²) >= 11 is 0. The second kappa shape index (κ2) is 31.4. The molecule has 5 heteroatoms. The summed E-state index contributed by atoms with van der Waals surface area (Å²) in [5, 5.41) is 0. The molecule has 0 aliphatic carbocycles. The minimum Gasteiger partial charge on any atom is -0.475 e. The van der Waals surface area contributed by atoms with Crippen LogP contribution >= 0.6 is 0 Å². The number of hydrogen-bond acceptors (Lipinski definition) is 5. The third-order valence-corrected chi connectivity index (χ3v) is 10.6. The van der Waals surface area contributed by atoms with Crippen molar-refractivity contribution in [3.63, 3.8) is 0 Å². The van der Waals surface area contributed by atoms with Crippen molar-refractivity contribution in [2.24, 2.45) is 0 Å². The quantitative estimate of drug-likeness (QED) is 0.0753. The minimum atomic E-state index is 0.0267. The van der Waals surface area contributed by atoms with Crippen LogP contribution in [0.5, 0.6) is 11.5 Å². The second-order valence-electron chi connectivity index (χ2n) is 15.3. The maximum Gasteiger partial charge on any atom is 0.154 e. The largest absolute Gasteiger partial charge is 0.475 e. The van der Waals surface area contributed by atoms with E-state index in [0.717, 1.165) is 37.4 Å². The minimum absolute atomic E-state index is 0.0267. The molecule has 2 atom stereocenters. The fourth-order valence-electron chi connectivity index (χ4n) is 7.17. The van der Waals surface area contributed by atoms with Gasteiger partial charge in [-0.25, -0.2) is 0 Å². The molecule has 0 fully saturated rings. The van der Waals surface area contributed by atoms with Crippen LogP contribution in [-0.4, -0.2) is 62.7 Å². The fourth-order valence-corrected chi connectivity index (χ4v) is 7.17. The lowest BCUT2D eigenvalue weighted by Crippen LogP contribution is -2.39. The van der Waals surface area contributed by atoms with Crippen molar-refractivity contribution in [3.05, 3.63) is 24.3 Å². The molecular weight excluding hydrogens is 604 g/mol. The van der Waals surface area contributed by atoms with E-state index >= 15 is 0 Å². The summed E-state index contributed by atoms with van der Waals surface area (Å²) in [5.41, 5.74) is 0. The van der Waals surface area contributed by atoms with Crippen molar-refractivity contribution in [3.8, 4) is 11.5 Å². The molecule has 0 amide bonds. The van der Waals surface area contributed by atoms with Crippen LogP contribution in [0.1, 0.15) is 194 Å². The smallest absolute Gasteiger partial charge is 0.154 e. The van der Waals surface area contributed by atoms with Crippen molar-refractivity contribution in [2.75, 3.05) is 40.4 Å². The zero-order valence-electron chi connectivity index (χ0n) is 33.2. The van der Waals surface area contributed by atoms with Crippen molar-refractivity contribution < 1.29 is 14.2 Å². The van der Waals surface area contributed by atoms with E-state index in [-0.39, 0.29) is 12.5 Å². The van der Waals surface area contributed by atoms with Crippen LogP contribution in [0.4, 0.5) is 0 Å². The Morgan fingerprint density at radius 1 is 0.429 bits per heavy atom. The molecule has 0 radical (unpaired) electrons. The van der Waals surface area contributed by atoms with Gasteiger partial charge in [-0.2, -0.15) is 0 Å². The summed E-state index contributed by atoms with van der Waals surface area (Å²) in [6.45, 7) is 8.14. The number of rotatable bonds is 30. The lowest BCUT2D eigenvalue weighted by atomic mass is 10.0. The predicted octanol–water partition coefficient (Wildman–Crippen LogP) is 13.0. The maximum absolute atomic E-state index is 6.49. The average molecular weight is 687 g/mol. The molecule has 0 N–H and O–H groups in total. The molecule has 1 aromatic rings. The van der Waals surface area contributed by atoms with Gasteiger partial charge in [0.2, 0.25) is 0 Å². The number of fused-ring (bicyclic) bond motifs is 10. The Balaban J connectivity index is 1.59. The van der Waals surface area contributed by atoms with Crippen LogP contribution in [0.15, 0.2) is 24.3 Å². The Kier molecular flexibility index (Phi) is 28.1. The molecule has 2 aliphatic rings. The molecule has 5 nitrogen and oxygen atoms in total. The van der Waals surface area contributed by atoms with Gasteiger partial charge in [0.25, 0.3) is 0 Å². The Morgan fingerprint density at radius 3 is 0.980 bits per heavy atom. The van der Waals surface area contributed by atoms with E-state index in [0.29, 0.717) is 13.2 Å². The Morgan fingerprint density at radius 2 is 0.694 bits per heavy atom. The van der Waals surface area contributed by atoms with Crippen LogP contribution in [0.25, 0.3) is 0 Å². The summed E-state index contributed by atoms with van der Waals surface area (Å²) in [5.74, 6) is 1.82. The first-order chi connectivity index (χ1) is 24.1. The average Bonchev–Trinajstić information content (AvgIpc) is 3.14. The second-order valence-corrected chi connectivity index (χ2v) is 15.3. The molecule has 1 aromatic carbocycles. The van der Waals surface area contributed by atoms with Crippen molar-refractivity contribution in [1.29, 1.82) is 0 Å².